The van der Waals surface area contributed by atoms with E-state index in [4.69, 9.17) is 5.11 Å². The molecule has 0 aliphatic rings. The van der Waals surface area contributed by atoms with Gasteiger partial charge in [0.1, 0.15) is 0 Å². The number of halogens is 18. The Morgan fingerprint density at radius 2 is 0.656 bits per heavy atom. The molecule has 194 valence electrons. The predicted octanol–water partition coefficient (Wildman–Crippen LogP) is 7.11. The molecule has 32 heavy (non-hydrogen) atoms. The van der Waals surface area contributed by atoms with E-state index in [1.165, 1.54) is 0 Å². The van der Waals surface area contributed by atoms with Gasteiger partial charge in [0.05, 0.1) is 0 Å². The van der Waals surface area contributed by atoms with Crippen LogP contribution in [0.3, 0.4) is 0 Å². The molecule has 0 rings (SSSR count). The summed E-state index contributed by atoms with van der Waals surface area (Å²) < 4.78 is 228. The van der Waals surface area contributed by atoms with Gasteiger partial charge in [0, 0.05) is 0 Å². The van der Waals surface area contributed by atoms with Crippen molar-refractivity contribution in [1.29, 1.82) is 0 Å². The lowest BCUT2D eigenvalue weighted by atomic mass is 9.78. The fraction of sp³-hybridized carbons (Fsp3) is 1.00. The quantitative estimate of drug-likeness (QED) is 0.368. The van der Waals surface area contributed by atoms with Crippen LogP contribution in [0, 0.1) is 17.8 Å². The van der Waals surface area contributed by atoms with Crippen LogP contribution < -0.4 is 0 Å². The van der Waals surface area contributed by atoms with Crippen molar-refractivity contribution in [1.82, 2.24) is 0 Å². The van der Waals surface area contributed by atoms with Crippen molar-refractivity contribution in [3.05, 3.63) is 0 Å². The van der Waals surface area contributed by atoms with Crippen LogP contribution >= 0.6 is 0 Å². The summed E-state index contributed by atoms with van der Waals surface area (Å²) in [6.45, 7) is 0. The molecule has 0 saturated heterocycles. The van der Waals surface area contributed by atoms with E-state index >= 15 is 0 Å². The molecule has 0 saturated carbocycles. The molecule has 0 bridgehead atoms. The van der Waals surface area contributed by atoms with Crippen LogP contribution in [0.1, 0.15) is 19.3 Å². The summed E-state index contributed by atoms with van der Waals surface area (Å²) >= 11 is 0. The Hall–Kier alpha value is -1.30. The Labute approximate surface area is 165 Å². The topological polar surface area (TPSA) is 20.2 Å². The highest BCUT2D eigenvalue weighted by atomic mass is 19.4. The first-order valence-corrected chi connectivity index (χ1v) is 7.67. The van der Waals surface area contributed by atoms with Crippen molar-refractivity contribution >= 4 is 0 Å². The lowest BCUT2D eigenvalue weighted by Crippen LogP contribution is -2.58. The van der Waals surface area contributed by atoms with E-state index in [9.17, 15) is 79.0 Å². The van der Waals surface area contributed by atoms with Crippen molar-refractivity contribution < 1.29 is 84.1 Å². The zero-order chi connectivity index (χ0) is 26.4. The van der Waals surface area contributed by atoms with Crippen molar-refractivity contribution in [2.75, 3.05) is 0 Å². The summed E-state index contributed by atoms with van der Waals surface area (Å²) in [5.41, 5.74) is -6.20. The first-order valence-electron chi connectivity index (χ1n) is 7.67. The molecule has 0 atom stereocenters. The standard InChI is InChI=1S/C13H10F18O/c14-8(15,16)5(9(17,18)19)1-4(2-6(10(20,21)22)11(23,24)25)3-7(32,12(26,27)28)13(29,30)31/h4-6,32H,1-3H2. The maximum Gasteiger partial charge on any atom is 0.426 e. The second-order valence-electron chi connectivity index (χ2n) is 6.67. The first kappa shape index (κ1) is 30.7. The highest BCUT2D eigenvalue weighted by Gasteiger charge is 2.71. The van der Waals surface area contributed by atoms with Gasteiger partial charge in [-0.1, -0.05) is 0 Å². The molecule has 0 radical (unpaired) electrons. The predicted molar refractivity (Wildman–Crippen MR) is 65.6 cm³/mol. The molecular weight excluding hydrogens is 514 g/mol. The molecule has 1 nitrogen and oxygen atoms in total. The smallest absolute Gasteiger partial charge is 0.374 e. The Bertz CT molecular complexity index is 523. The van der Waals surface area contributed by atoms with Crippen LogP contribution in [-0.4, -0.2) is 47.8 Å². The van der Waals surface area contributed by atoms with Gasteiger partial charge in [-0.3, -0.25) is 0 Å². The van der Waals surface area contributed by atoms with Gasteiger partial charge in [-0.15, -0.1) is 0 Å². The van der Waals surface area contributed by atoms with Crippen molar-refractivity contribution in [3.63, 3.8) is 0 Å². The van der Waals surface area contributed by atoms with Crippen LogP contribution in [0.25, 0.3) is 0 Å². The normalized spacial score (nSPS) is 15.9. The molecule has 1 N–H and O–H groups in total. The van der Waals surface area contributed by atoms with Gasteiger partial charge >= 0.3 is 37.1 Å². The van der Waals surface area contributed by atoms with E-state index in [2.05, 4.69) is 0 Å². The van der Waals surface area contributed by atoms with Gasteiger partial charge in [0.25, 0.3) is 5.60 Å². The minimum atomic E-state index is -6.93. The molecular formula is C13H10F18O. The van der Waals surface area contributed by atoms with E-state index in [-0.39, 0.29) is 0 Å². The summed E-state index contributed by atoms with van der Waals surface area (Å²) in [5.74, 6) is -13.6. The number of hydrogen-bond acceptors (Lipinski definition) is 1. The van der Waals surface area contributed by atoms with Crippen molar-refractivity contribution in [2.45, 2.75) is 61.9 Å². The molecule has 0 heterocycles. The Kier molecular flexibility index (Phi) is 8.45. The molecule has 0 aliphatic heterocycles. The maximum atomic E-state index is 12.7. The van der Waals surface area contributed by atoms with E-state index in [1.54, 1.807) is 0 Å². The third-order valence-electron chi connectivity index (χ3n) is 4.24. The summed E-state index contributed by atoms with van der Waals surface area (Å²) in [4.78, 5) is 0. The SMILES string of the molecule is OC(CC(CC(C(F)(F)F)C(F)(F)F)CC(C(F)(F)F)C(F)(F)F)(C(F)(F)F)C(F)(F)F. The lowest BCUT2D eigenvalue weighted by Gasteiger charge is -2.37. The minimum Gasteiger partial charge on any atom is -0.374 e. The van der Waals surface area contributed by atoms with Gasteiger partial charge in [-0.25, -0.2) is 0 Å². The minimum absolute atomic E-state index is 3.08. The first-order chi connectivity index (χ1) is 13.5. The van der Waals surface area contributed by atoms with Crippen LogP contribution in [0.4, 0.5) is 79.0 Å². The fourth-order valence-electron chi connectivity index (χ4n) is 2.65. The van der Waals surface area contributed by atoms with Crippen molar-refractivity contribution in [2.24, 2.45) is 17.8 Å². The van der Waals surface area contributed by atoms with Gasteiger partial charge in [-0.05, 0) is 25.2 Å². The number of rotatable bonds is 6. The second-order valence-corrected chi connectivity index (χ2v) is 6.67. The highest BCUT2D eigenvalue weighted by Crippen LogP contribution is 2.53. The zero-order valence-corrected chi connectivity index (χ0v) is 14.6. The molecule has 19 heteroatoms. The highest BCUT2D eigenvalue weighted by molar-refractivity contribution is 4.97. The van der Waals surface area contributed by atoms with Gasteiger partial charge in [0.15, 0.2) is 11.8 Å². The molecule has 0 unspecified atom stereocenters. The van der Waals surface area contributed by atoms with Crippen LogP contribution in [-0.2, 0) is 0 Å². The summed E-state index contributed by atoms with van der Waals surface area (Å²) in [5, 5.41) is 8.92. The summed E-state index contributed by atoms with van der Waals surface area (Å²) in [6.07, 6.45) is -49.5. The molecule has 0 spiro atoms. The number of alkyl halides is 18. The summed E-state index contributed by atoms with van der Waals surface area (Å²) in [6, 6.07) is 0. The Balaban J connectivity index is 6.59. The monoisotopic (exact) mass is 524 g/mol. The third kappa shape index (κ3) is 7.64. The van der Waals surface area contributed by atoms with Crippen LogP contribution in [0.2, 0.25) is 0 Å². The number of aliphatic hydroxyl groups is 1. The molecule has 0 fully saturated rings. The largest absolute Gasteiger partial charge is 0.426 e. The third-order valence-corrected chi connectivity index (χ3v) is 4.24. The fourth-order valence-corrected chi connectivity index (χ4v) is 2.65. The van der Waals surface area contributed by atoms with Crippen molar-refractivity contribution in [3.8, 4) is 0 Å². The molecule has 0 aliphatic carbocycles. The Morgan fingerprint density at radius 1 is 0.438 bits per heavy atom. The van der Waals surface area contributed by atoms with E-state index in [0.717, 1.165) is 0 Å². The molecule has 0 aromatic carbocycles. The molecule has 0 aromatic heterocycles. The zero-order valence-electron chi connectivity index (χ0n) is 14.6. The van der Waals surface area contributed by atoms with E-state index < -0.39 is 79.7 Å². The van der Waals surface area contributed by atoms with E-state index in [1.807, 2.05) is 0 Å². The average molecular weight is 524 g/mol. The second kappa shape index (κ2) is 8.81. The van der Waals surface area contributed by atoms with Gasteiger partial charge in [0.2, 0.25) is 0 Å². The van der Waals surface area contributed by atoms with Crippen LogP contribution in [0.15, 0.2) is 0 Å². The molecule has 0 amide bonds. The van der Waals surface area contributed by atoms with Crippen LogP contribution in [0.5, 0.6) is 0 Å². The molecule has 0 aromatic rings. The average Bonchev–Trinajstić information content (AvgIpc) is 2.41. The number of hydrogen-bond donors (Lipinski definition) is 1. The summed E-state index contributed by atoms with van der Waals surface area (Å²) in [7, 11) is 0. The van der Waals surface area contributed by atoms with Gasteiger partial charge in [-0.2, -0.15) is 79.0 Å². The lowest BCUT2D eigenvalue weighted by molar-refractivity contribution is -0.374. The van der Waals surface area contributed by atoms with E-state index in [0.29, 0.717) is 0 Å². The van der Waals surface area contributed by atoms with Gasteiger partial charge < -0.3 is 5.11 Å². The Morgan fingerprint density at radius 3 is 0.812 bits per heavy atom. The maximum absolute atomic E-state index is 12.7.